The number of halogens is 3. The number of aryl methyl sites for hydroxylation is 1. The molecule has 7 nitrogen and oxygen atoms in total. The van der Waals surface area contributed by atoms with Crippen LogP contribution in [0.3, 0.4) is 0 Å². The van der Waals surface area contributed by atoms with Gasteiger partial charge in [-0.2, -0.15) is 13.2 Å². The number of ether oxygens (including phenoxy) is 2. The molecule has 10 heteroatoms. The highest BCUT2D eigenvalue weighted by molar-refractivity contribution is 5.99. The van der Waals surface area contributed by atoms with Gasteiger partial charge in [-0.15, -0.1) is 0 Å². The Labute approximate surface area is 135 Å². The number of rotatable bonds is 5. The molecule has 0 aliphatic heterocycles. The predicted octanol–water partition coefficient (Wildman–Crippen LogP) is 1.64. The van der Waals surface area contributed by atoms with Gasteiger partial charge >= 0.3 is 18.1 Å². The first kappa shape index (κ1) is 19.5. The molecule has 0 saturated carbocycles. The van der Waals surface area contributed by atoms with Crippen LogP contribution >= 0.6 is 0 Å². The highest BCUT2D eigenvalue weighted by Gasteiger charge is 2.30. The Morgan fingerprint density at radius 1 is 1.21 bits per heavy atom. The largest absolute Gasteiger partial charge is 0.465 e. The van der Waals surface area contributed by atoms with Crippen LogP contribution in [0.15, 0.2) is 0 Å². The monoisotopic (exact) mass is 350 g/mol. The van der Waals surface area contributed by atoms with E-state index in [1.807, 2.05) is 0 Å². The lowest BCUT2D eigenvalue weighted by Crippen LogP contribution is -2.40. The van der Waals surface area contributed by atoms with E-state index in [1.54, 1.807) is 5.32 Å². The molecule has 134 valence electrons. The van der Waals surface area contributed by atoms with Gasteiger partial charge in [-0.25, -0.2) is 9.59 Å². The van der Waals surface area contributed by atoms with Gasteiger partial charge in [0.25, 0.3) is 5.91 Å². The summed E-state index contributed by atoms with van der Waals surface area (Å²) in [5.74, 6) is -2.72. The second-order valence-electron chi connectivity index (χ2n) is 5.00. The van der Waals surface area contributed by atoms with E-state index < -0.39 is 36.7 Å². The first-order chi connectivity index (χ1) is 11.0. The van der Waals surface area contributed by atoms with Crippen molar-refractivity contribution in [2.75, 3.05) is 13.7 Å². The Balaban J connectivity index is 2.82. The van der Waals surface area contributed by atoms with Gasteiger partial charge in [-0.3, -0.25) is 4.79 Å². The van der Waals surface area contributed by atoms with Crippen molar-refractivity contribution in [3.63, 3.8) is 0 Å². The van der Waals surface area contributed by atoms with Gasteiger partial charge in [0.05, 0.1) is 12.7 Å². The van der Waals surface area contributed by atoms with Gasteiger partial charge in [-0.05, 0) is 26.3 Å². The van der Waals surface area contributed by atoms with E-state index in [-0.39, 0.29) is 16.8 Å². The fraction of sp³-hybridized carbons (Fsp3) is 0.500. The molecule has 0 aromatic carbocycles. The summed E-state index contributed by atoms with van der Waals surface area (Å²) in [4.78, 5) is 37.8. The Morgan fingerprint density at radius 3 is 2.29 bits per heavy atom. The lowest BCUT2D eigenvalue weighted by atomic mass is 10.1. The van der Waals surface area contributed by atoms with Crippen molar-refractivity contribution >= 4 is 17.8 Å². The summed E-state index contributed by atoms with van der Waals surface area (Å²) in [6.45, 7) is 2.62. The molecule has 0 aliphatic carbocycles. The summed E-state index contributed by atoms with van der Waals surface area (Å²) < 4.78 is 45.6. The minimum Gasteiger partial charge on any atom is -0.465 e. The van der Waals surface area contributed by atoms with Crippen LogP contribution in [0.1, 0.15) is 39.0 Å². The number of aromatic nitrogens is 1. The smallest absolute Gasteiger partial charge is 0.405 e. The molecule has 0 fully saturated rings. The second kappa shape index (κ2) is 7.37. The molecule has 1 amide bonds. The standard InChI is InChI=1S/C14H17F3N2O5/c1-6-9(12(21)23-4)7(2)19-10(6)13(22)24-8(3)11(20)18-5-14(15,16)17/h8,19H,5H2,1-4H3,(H,18,20). The molecule has 1 aromatic heterocycles. The van der Waals surface area contributed by atoms with E-state index in [4.69, 9.17) is 4.74 Å². The average Bonchev–Trinajstić information content (AvgIpc) is 2.78. The maximum absolute atomic E-state index is 12.1. The topological polar surface area (TPSA) is 97.5 Å². The molecule has 1 unspecified atom stereocenters. The van der Waals surface area contributed by atoms with E-state index in [1.165, 1.54) is 21.0 Å². The van der Waals surface area contributed by atoms with Crippen LogP contribution in [0.4, 0.5) is 13.2 Å². The summed E-state index contributed by atoms with van der Waals surface area (Å²) in [6.07, 6.45) is -6.01. The van der Waals surface area contributed by atoms with Gasteiger partial charge in [-0.1, -0.05) is 0 Å². The number of hydrogen-bond acceptors (Lipinski definition) is 5. The SMILES string of the molecule is COC(=O)c1c(C)[nH]c(C(=O)OC(C)C(=O)NCC(F)(F)F)c1C. The molecule has 1 aromatic rings. The highest BCUT2D eigenvalue weighted by Crippen LogP contribution is 2.20. The fourth-order valence-electron chi connectivity index (χ4n) is 1.97. The van der Waals surface area contributed by atoms with E-state index in [2.05, 4.69) is 9.72 Å². The third-order valence-electron chi connectivity index (χ3n) is 3.15. The van der Waals surface area contributed by atoms with E-state index in [0.29, 0.717) is 5.69 Å². The minimum atomic E-state index is -4.57. The summed E-state index contributed by atoms with van der Waals surface area (Å²) in [5, 5.41) is 1.61. The van der Waals surface area contributed by atoms with E-state index in [0.717, 1.165) is 6.92 Å². The Morgan fingerprint density at radius 2 is 1.79 bits per heavy atom. The first-order valence-corrected chi connectivity index (χ1v) is 6.80. The number of carbonyl (C=O) groups excluding carboxylic acids is 3. The summed E-state index contributed by atoms with van der Waals surface area (Å²) in [6, 6.07) is 0. The summed E-state index contributed by atoms with van der Waals surface area (Å²) in [7, 11) is 1.18. The van der Waals surface area contributed by atoms with Crippen LogP contribution in [-0.2, 0) is 14.3 Å². The van der Waals surface area contributed by atoms with Crippen molar-refractivity contribution in [1.82, 2.24) is 10.3 Å². The average molecular weight is 350 g/mol. The molecular weight excluding hydrogens is 333 g/mol. The Hall–Kier alpha value is -2.52. The first-order valence-electron chi connectivity index (χ1n) is 6.80. The van der Waals surface area contributed by atoms with Crippen molar-refractivity contribution in [1.29, 1.82) is 0 Å². The molecule has 0 saturated heterocycles. The molecular formula is C14H17F3N2O5. The fourth-order valence-corrected chi connectivity index (χ4v) is 1.97. The number of alkyl halides is 3. The number of amides is 1. The van der Waals surface area contributed by atoms with Crippen molar-refractivity contribution in [3.05, 3.63) is 22.5 Å². The normalized spacial score (nSPS) is 12.5. The Kier molecular flexibility index (Phi) is 5.99. The molecule has 1 atom stereocenters. The number of hydrogen-bond donors (Lipinski definition) is 2. The lowest BCUT2D eigenvalue weighted by molar-refractivity contribution is -0.143. The zero-order valence-corrected chi connectivity index (χ0v) is 13.5. The number of methoxy groups -OCH3 is 1. The predicted molar refractivity (Wildman–Crippen MR) is 75.5 cm³/mol. The number of aromatic amines is 1. The molecule has 1 heterocycles. The summed E-state index contributed by atoms with van der Waals surface area (Å²) >= 11 is 0. The number of H-pyrrole nitrogens is 1. The van der Waals surface area contributed by atoms with E-state index in [9.17, 15) is 27.6 Å². The summed E-state index contributed by atoms with van der Waals surface area (Å²) in [5.41, 5.74) is 0.690. The maximum Gasteiger partial charge on any atom is 0.405 e. The van der Waals surface area contributed by atoms with Crippen LogP contribution in [-0.4, -0.2) is 48.8 Å². The molecule has 1 rings (SSSR count). The van der Waals surface area contributed by atoms with Crippen LogP contribution in [0.5, 0.6) is 0 Å². The molecule has 0 aliphatic rings. The van der Waals surface area contributed by atoms with Crippen molar-refractivity contribution in [3.8, 4) is 0 Å². The number of carbonyl (C=O) groups is 3. The quantitative estimate of drug-likeness (QED) is 0.787. The zero-order chi connectivity index (χ0) is 18.7. The maximum atomic E-state index is 12.1. The molecule has 0 spiro atoms. The van der Waals surface area contributed by atoms with Crippen molar-refractivity contribution in [2.24, 2.45) is 0 Å². The third-order valence-corrected chi connectivity index (χ3v) is 3.15. The van der Waals surface area contributed by atoms with Gasteiger partial charge in [0.15, 0.2) is 6.10 Å². The van der Waals surface area contributed by atoms with Gasteiger partial charge in [0.1, 0.15) is 12.2 Å². The Bertz CT molecular complexity index is 652. The van der Waals surface area contributed by atoms with E-state index >= 15 is 0 Å². The molecule has 0 radical (unpaired) electrons. The van der Waals surface area contributed by atoms with Gasteiger partial charge < -0.3 is 19.8 Å². The van der Waals surface area contributed by atoms with Crippen molar-refractivity contribution < 1.29 is 37.0 Å². The minimum absolute atomic E-state index is 0.0802. The molecule has 0 bridgehead atoms. The highest BCUT2D eigenvalue weighted by atomic mass is 19.4. The molecule has 24 heavy (non-hydrogen) atoms. The second-order valence-corrected chi connectivity index (χ2v) is 5.00. The zero-order valence-electron chi connectivity index (χ0n) is 13.5. The van der Waals surface area contributed by atoms with Crippen LogP contribution in [0.25, 0.3) is 0 Å². The number of nitrogens with one attached hydrogen (secondary N) is 2. The van der Waals surface area contributed by atoms with Crippen LogP contribution in [0, 0.1) is 13.8 Å². The lowest BCUT2D eigenvalue weighted by Gasteiger charge is -2.14. The van der Waals surface area contributed by atoms with Crippen LogP contribution in [0.2, 0.25) is 0 Å². The van der Waals surface area contributed by atoms with Gasteiger partial charge in [0.2, 0.25) is 0 Å². The van der Waals surface area contributed by atoms with Crippen molar-refractivity contribution in [2.45, 2.75) is 33.1 Å². The van der Waals surface area contributed by atoms with Gasteiger partial charge in [0, 0.05) is 5.69 Å². The molecule has 2 N–H and O–H groups in total. The van der Waals surface area contributed by atoms with Crippen LogP contribution < -0.4 is 5.32 Å². The number of esters is 2. The third kappa shape index (κ3) is 4.74.